The lowest BCUT2D eigenvalue weighted by molar-refractivity contribution is 0.0912. The van der Waals surface area contributed by atoms with Crippen LogP contribution in [0.4, 0.5) is 4.79 Å². The molecule has 0 unspecified atom stereocenters. The molecule has 5 heteroatoms. The van der Waals surface area contributed by atoms with Crippen LogP contribution < -0.4 is 10.1 Å². The third-order valence-corrected chi connectivity index (χ3v) is 2.92. The molecule has 1 aliphatic heterocycles. The zero-order valence-electron chi connectivity index (χ0n) is 10.5. The molecule has 0 spiro atoms. The van der Waals surface area contributed by atoms with Crippen LogP contribution in [0.2, 0.25) is 0 Å². The fourth-order valence-corrected chi connectivity index (χ4v) is 1.90. The van der Waals surface area contributed by atoms with Crippen molar-refractivity contribution in [1.29, 1.82) is 0 Å². The Morgan fingerprint density at radius 2 is 2.06 bits per heavy atom. The highest BCUT2D eigenvalue weighted by Gasteiger charge is 2.17. The van der Waals surface area contributed by atoms with Crippen molar-refractivity contribution in [2.75, 3.05) is 33.3 Å². The number of para-hydroxylation sites is 1. The second-order valence-electron chi connectivity index (χ2n) is 4.10. The summed E-state index contributed by atoms with van der Waals surface area (Å²) in [5.74, 6) is 0.741. The maximum Gasteiger partial charge on any atom is 0.410 e. The molecule has 1 N–H and O–H groups in total. The Morgan fingerprint density at radius 1 is 1.33 bits per heavy atom. The number of hydrogen-bond acceptors (Lipinski definition) is 4. The second kappa shape index (κ2) is 6.26. The Kier molecular flexibility index (Phi) is 4.41. The topological polar surface area (TPSA) is 50.8 Å². The molecule has 5 nitrogen and oxygen atoms in total. The van der Waals surface area contributed by atoms with Gasteiger partial charge in [-0.25, -0.2) is 4.79 Å². The van der Waals surface area contributed by atoms with Crippen LogP contribution >= 0.6 is 0 Å². The molecule has 0 bridgehead atoms. The molecule has 0 radical (unpaired) electrons. The third-order valence-electron chi connectivity index (χ3n) is 2.92. The summed E-state index contributed by atoms with van der Waals surface area (Å²) < 4.78 is 10.5. The minimum absolute atomic E-state index is 0.243. The molecule has 1 amide bonds. The molecule has 1 heterocycles. The Labute approximate surface area is 107 Å². The number of nitrogens with one attached hydrogen (secondary N) is 1. The molecule has 1 aliphatic rings. The van der Waals surface area contributed by atoms with Gasteiger partial charge in [0.1, 0.15) is 12.4 Å². The summed E-state index contributed by atoms with van der Waals surface area (Å²) in [6, 6.07) is 7.54. The number of methoxy groups -OCH3 is 1. The Morgan fingerprint density at radius 3 is 2.78 bits per heavy atom. The number of ether oxygens (including phenoxy) is 2. The number of amides is 1. The highest BCUT2D eigenvalue weighted by Crippen LogP contribution is 2.18. The Bertz CT molecular complexity index is 403. The number of benzene rings is 1. The van der Waals surface area contributed by atoms with Crippen molar-refractivity contribution in [2.45, 2.75) is 6.61 Å². The molecule has 2 rings (SSSR count). The van der Waals surface area contributed by atoms with Crippen molar-refractivity contribution in [3.8, 4) is 5.75 Å². The summed E-state index contributed by atoms with van der Waals surface area (Å²) in [5, 5.41) is 3.19. The van der Waals surface area contributed by atoms with Crippen LogP contribution in [-0.2, 0) is 11.3 Å². The predicted octanol–water partition coefficient (Wildman–Crippen LogP) is 1.24. The highest BCUT2D eigenvalue weighted by molar-refractivity contribution is 5.67. The van der Waals surface area contributed by atoms with Gasteiger partial charge in [-0.3, -0.25) is 0 Å². The first-order valence-corrected chi connectivity index (χ1v) is 6.05. The zero-order valence-corrected chi connectivity index (χ0v) is 10.5. The smallest absolute Gasteiger partial charge is 0.410 e. The van der Waals surface area contributed by atoms with Crippen LogP contribution in [0.25, 0.3) is 0 Å². The van der Waals surface area contributed by atoms with Crippen molar-refractivity contribution >= 4 is 6.09 Å². The van der Waals surface area contributed by atoms with Crippen LogP contribution in [0, 0.1) is 0 Å². The van der Waals surface area contributed by atoms with Gasteiger partial charge in [0.15, 0.2) is 0 Å². The van der Waals surface area contributed by atoms with Gasteiger partial charge in [-0.2, -0.15) is 0 Å². The van der Waals surface area contributed by atoms with Crippen molar-refractivity contribution in [3.05, 3.63) is 29.8 Å². The predicted molar refractivity (Wildman–Crippen MR) is 67.6 cm³/mol. The van der Waals surface area contributed by atoms with Crippen molar-refractivity contribution in [2.24, 2.45) is 0 Å². The molecule has 98 valence electrons. The number of nitrogens with zero attached hydrogens (tertiary/aromatic N) is 1. The minimum atomic E-state index is -0.262. The molecule has 0 atom stereocenters. The van der Waals surface area contributed by atoms with E-state index in [-0.39, 0.29) is 12.7 Å². The van der Waals surface area contributed by atoms with Gasteiger partial charge in [-0.1, -0.05) is 18.2 Å². The first kappa shape index (κ1) is 12.7. The van der Waals surface area contributed by atoms with Crippen LogP contribution in [-0.4, -0.2) is 44.3 Å². The summed E-state index contributed by atoms with van der Waals surface area (Å²) in [5.41, 5.74) is 0.878. The monoisotopic (exact) mass is 250 g/mol. The van der Waals surface area contributed by atoms with Crippen LogP contribution in [0.1, 0.15) is 5.56 Å². The van der Waals surface area contributed by atoms with Gasteiger partial charge in [0.2, 0.25) is 0 Å². The summed E-state index contributed by atoms with van der Waals surface area (Å²) in [6.07, 6.45) is -0.262. The van der Waals surface area contributed by atoms with E-state index in [0.717, 1.165) is 24.4 Å². The summed E-state index contributed by atoms with van der Waals surface area (Å²) in [6.45, 7) is 3.29. The van der Waals surface area contributed by atoms with Gasteiger partial charge in [0, 0.05) is 31.7 Å². The first-order chi connectivity index (χ1) is 8.81. The van der Waals surface area contributed by atoms with E-state index in [0.29, 0.717) is 13.1 Å². The quantitative estimate of drug-likeness (QED) is 0.877. The van der Waals surface area contributed by atoms with E-state index in [1.165, 1.54) is 0 Å². The average Bonchev–Trinajstić information content (AvgIpc) is 2.46. The SMILES string of the molecule is COc1ccccc1COC(=O)N1CCNCC1. The fraction of sp³-hybridized carbons (Fsp3) is 0.462. The van der Waals surface area contributed by atoms with E-state index in [2.05, 4.69) is 5.32 Å². The average molecular weight is 250 g/mol. The lowest BCUT2D eigenvalue weighted by atomic mass is 10.2. The third kappa shape index (κ3) is 3.13. The molecule has 1 aromatic rings. The molecule has 18 heavy (non-hydrogen) atoms. The maximum absolute atomic E-state index is 11.8. The number of rotatable bonds is 3. The number of hydrogen-bond donors (Lipinski definition) is 1. The number of carbonyl (C=O) groups is 1. The van der Waals surface area contributed by atoms with Gasteiger partial charge in [0.05, 0.1) is 7.11 Å². The zero-order chi connectivity index (χ0) is 12.8. The number of piperazine rings is 1. The molecule has 1 fully saturated rings. The van der Waals surface area contributed by atoms with E-state index in [4.69, 9.17) is 9.47 Å². The van der Waals surface area contributed by atoms with Crippen LogP contribution in [0.5, 0.6) is 5.75 Å². The lowest BCUT2D eigenvalue weighted by Gasteiger charge is -2.26. The van der Waals surface area contributed by atoms with Gasteiger partial charge in [-0.05, 0) is 6.07 Å². The molecule has 0 saturated carbocycles. The molecule has 0 aliphatic carbocycles. The van der Waals surface area contributed by atoms with E-state index in [1.807, 2.05) is 24.3 Å². The van der Waals surface area contributed by atoms with E-state index in [9.17, 15) is 4.79 Å². The van der Waals surface area contributed by atoms with Gasteiger partial charge in [0.25, 0.3) is 0 Å². The largest absolute Gasteiger partial charge is 0.496 e. The second-order valence-corrected chi connectivity index (χ2v) is 4.10. The van der Waals surface area contributed by atoms with Crippen LogP contribution in [0.3, 0.4) is 0 Å². The summed E-state index contributed by atoms with van der Waals surface area (Å²) in [7, 11) is 1.61. The standard InChI is InChI=1S/C13H18N2O3/c1-17-12-5-3-2-4-11(12)10-18-13(16)15-8-6-14-7-9-15/h2-5,14H,6-10H2,1H3. The van der Waals surface area contributed by atoms with Crippen molar-refractivity contribution in [3.63, 3.8) is 0 Å². The van der Waals surface area contributed by atoms with Crippen molar-refractivity contribution < 1.29 is 14.3 Å². The lowest BCUT2D eigenvalue weighted by Crippen LogP contribution is -2.46. The fourth-order valence-electron chi connectivity index (χ4n) is 1.90. The van der Waals surface area contributed by atoms with Gasteiger partial charge in [-0.15, -0.1) is 0 Å². The Balaban J connectivity index is 1.88. The van der Waals surface area contributed by atoms with E-state index >= 15 is 0 Å². The minimum Gasteiger partial charge on any atom is -0.496 e. The normalized spacial score (nSPS) is 15.3. The van der Waals surface area contributed by atoms with E-state index in [1.54, 1.807) is 12.0 Å². The first-order valence-electron chi connectivity index (χ1n) is 6.05. The molecule has 0 aromatic heterocycles. The van der Waals surface area contributed by atoms with Gasteiger partial charge < -0.3 is 19.7 Å². The highest BCUT2D eigenvalue weighted by atomic mass is 16.6. The van der Waals surface area contributed by atoms with Crippen molar-refractivity contribution in [1.82, 2.24) is 10.2 Å². The Hall–Kier alpha value is -1.75. The summed E-state index contributed by atoms with van der Waals surface area (Å²) in [4.78, 5) is 13.5. The molecular weight excluding hydrogens is 232 g/mol. The van der Waals surface area contributed by atoms with Crippen LogP contribution in [0.15, 0.2) is 24.3 Å². The summed E-state index contributed by atoms with van der Waals surface area (Å²) >= 11 is 0. The molecule has 1 aromatic carbocycles. The van der Waals surface area contributed by atoms with E-state index < -0.39 is 0 Å². The van der Waals surface area contributed by atoms with Gasteiger partial charge >= 0.3 is 6.09 Å². The maximum atomic E-state index is 11.8. The molecular formula is C13H18N2O3. The number of carbonyl (C=O) groups excluding carboxylic acids is 1. The molecule has 1 saturated heterocycles.